The van der Waals surface area contributed by atoms with E-state index in [1.807, 2.05) is 0 Å². The molecule has 0 amide bonds. The van der Waals surface area contributed by atoms with Gasteiger partial charge in [-0.1, -0.05) is 0 Å². The lowest BCUT2D eigenvalue weighted by molar-refractivity contribution is 0.0825. The molecule has 6 nitrogen and oxygen atoms in total. The van der Waals surface area contributed by atoms with Gasteiger partial charge in [0, 0.05) is 25.7 Å². The van der Waals surface area contributed by atoms with Gasteiger partial charge in [0.25, 0.3) is 0 Å². The second-order valence-corrected chi connectivity index (χ2v) is 3.44. The normalized spacial score (nSPS) is 18.6. The molecule has 1 aromatic rings. The SMILES string of the molecule is NCCn1nnnc1C1CCOCC1. The second-order valence-electron chi connectivity index (χ2n) is 3.44. The van der Waals surface area contributed by atoms with E-state index in [4.69, 9.17) is 10.5 Å². The number of nitrogens with zero attached hydrogens (tertiary/aromatic N) is 4. The van der Waals surface area contributed by atoms with Gasteiger partial charge in [0.15, 0.2) is 5.82 Å². The second kappa shape index (κ2) is 4.47. The quantitative estimate of drug-likeness (QED) is 0.708. The monoisotopic (exact) mass is 197 g/mol. The Morgan fingerprint density at radius 2 is 2.21 bits per heavy atom. The van der Waals surface area contributed by atoms with E-state index in [1.165, 1.54) is 0 Å². The molecule has 1 aliphatic heterocycles. The Morgan fingerprint density at radius 1 is 1.43 bits per heavy atom. The van der Waals surface area contributed by atoms with Gasteiger partial charge in [-0.2, -0.15) is 0 Å². The Labute approximate surface area is 82.4 Å². The van der Waals surface area contributed by atoms with Crippen LogP contribution in [0.3, 0.4) is 0 Å². The van der Waals surface area contributed by atoms with Crippen LogP contribution in [0, 0.1) is 0 Å². The van der Waals surface area contributed by atoms with Crippen molar-refractivity contribution in [1.82, 2.24) is 20.2 Å². The highest BCUT2D eigenvalue weighted by molar-refractivity contribution is 4.94. The Kier molecular flexibility index (Phi) is 3.05. The maximum Gasteiger partial charge on any atom is 0.154 e. The van der Waals surface area contributed by atoms with E-state index in [-0.39, 0.29) is 0 Å². The smallest absolute Gasteiger partial charge is 0.154 e. The zero-order valence-electron chi connectivity index (χ0n) is 8.09. The minimum atomic E-state index is 0.435. The van der Waals surface area contributed by atoms with E-state index < -0.39 is 0 Å². The third kappa shape index (κ3) is 1.91. The van der Waals surface area contributed by atoms with Crippen LogP contribution < -0.4 is 5.73 Å². The van der Waals surface area contributed by atoms with Crippen LogP contribution >= 0.6 is 0 Å². The van der Waals surface area contributed by atoms with E-state index in [0.29, 0.717) is 19.0 Å². The first-order chi connectivity index (χ1) is 6.92. The van der Waals surface area contributed by atoms with E-state index in [9.17, 15) is 0 Å². The van der Waals surface area contributed by atoms with Crippen LogP contribution in [-0.2, 0) is 11.3 Å². The number of tetrazole rings is 1. The van der Waals surface area contributed by atoms with Gasteiger partial charge >= 0.3 is 0 Å². The largest absolute Gasteiger partial charge is 0.381 e. The average Bonchev–Trinajstić information content (AvgIpc) is 2.68. The van der Waals surface area contributed by atoms with E-state index in [1.54, 1.807) is 4.68 Å². The molecule has 2 rings (SSSR count). The van der Waals surface area contributed by atoms with Gasteiger partial charge in [-0.25, -0.2) is 4.68 Å². The van der Waals surface area contributed by atoms with E-state index >= 15 is 0 Å². The van der Waals surface area contributed by atoms with Crippen molar-refractivity contribution >= 4 is 0 Å². The van der Waals surface area contributed by atoms with Crippen LogP contribution in [-0.4, -0.2) is 40.0 Å². The van der Waals surface area contributed by atoms with Crippen LogP contribution in [0.15, 0.2) is 0 Å². The highest BCUT2D eigenvalue weighted by Crippen LogP contribution is 2.24. The summed E-state index contributed by atoms with van der Waals surface area (Å²) in [7, 11) is 0. The summed E-state index contributed by atoms with van der Waals surface area (Å²) in [6.07, 6.45) is 2.01. The molecule has 0 atom stereocenters. The molecule has 1 aromatic heterocycles. The van der Waals surface area contributed by atoms with Gasteiger partial charge in [0.1, 0.15) is 0 Å². The number of hydrogen-bond acceptors (Lipinski definition) is 5. The van der Waals surface area contributed by atoms with Crippen LogP contribution in [0.5, 0.6) is 0 Å². The zero-order valence-corrected chi connectivity index (χ0v) is 8.09. The van der Waals surface area contributed by atoms with Crippen LogP contribution in [0.25, 0.3) is 0 Å². The molecule has 0 unspecified atom stereocenters. The molecule has 0 radical (unpaired) electrons. The standard InChI is InChI=1S/C8H15N5O/c9-3-4-13-8(10-11-12-13)7-1-5-14-6-2-7/h7H,1-6,9H2. The van der Waals surface area contributed by atoms with Crippen molar-refractivity contribution in [2.45, 2.75) is 25.3 Å². The Hall–Kier alpha value is -1.01. The first-order valence-electron chi connectivity index (χ1n) is 4.95. The summed E-state index contributed by atoms with van der Waals surface area (Å²) >= 11 is 0. The van der Waals surface area contributed by atoms with Gasteiger partial charge in [0.2, 0.25) is 0 Å². The Balaban J connectivity index is 2.09. The summed E-state index contributed by atoms with van der Waals surface area (Å²) in [6, 6.07) is 0. The minimum absolute atomic E-state index is 0.435. The highest BCUT2D eigenvalue weighted by Gasteiger charge is 2.21. The fourth-order valence-electron chi connectivity index (χ4n) is 1.74. The van der Waals surface area contributed by atoms with Gasteiger partial charge in [0.05, 0.1) is 6.54 Å². The molecular weight excluding hydrogens is 182 g/mol. The maximum absolute atomic E-state index is 5.48. The van der Waals surface area contributed by atoms with Gasteiger partial charge in [-0.05, 0) is 23.3 Å². The molecule has 1 saturated heterocycles. The number of hydrogen-bond donors (Lipinski definition) is 1. The van der Waals surface area contributed by atoms with Crippen molar-refractivity contribution in [2.75, 3.05) is 19.8 Å². The molecule has 6 heteroatoms. The summed E-state index contributed by atoms with van der Waals surface area (Å²) in [5.41, 5.74) is 5.48. The molecule has 0 saturated carbocycles. The molecule has 2 N–H and O–H groups in total. The Bertz CT molecular complexity index is 281. The lowest BCUT2D eigenvalue weighted by Gasteiger charge is -2.20. The van der Waals surface area contributed by atoms with Crippen LogP contribution in [0.4, 0.5) is 0 Å². The summed E-state index contributed by atoms with van der Waals surface area (Å²) in [6.45, 7) is 2.88. The van der Waals surface area contributed by atoms with Crippen molar-refractivity contribution < 1.29 is 4.74 Å². The molecule has 1 fully saturated rings. The number of ether oxygens (including phenoxy) is 1. The molecule has 0 spiro atoms. The lowest BCUT2D eigenvalue weighted by Crippen LogP contribution is -2.20. The van der Waals surface area contributed by atoms with Crippen molar-refractivity contribution in [3.05, 3.63) is 5.82 Å². The Morgan fingerprint density at radius 3 is 2.93 bits per heavy atom. The first-order valence-corrected chi connectivity index (χ1v) is 4.95. The van der Waals surface area contributed by atoms with Crippen molar-refractivity contribution in [3.8, 4) is 0 Å². The average molecular weight is 197 g/mol. The lowest BCUT2D eigenvalue weighted by atomic mass is 10.00. The third-order valence-electron chi connectivity index (χ3n) is 2.49. The maximum atomic E-state index is 5.48. The van der Waals surface area contributed by atoms with Crippen molar-refractivity contribution in [3.63, 3.8) is 0 Å². The fraction of sp³-hybridized carbons (Fsp3) is 0.875. The van der Waals surface area contributed by atoms with E-state index in [0.717, 1.165) is 31.9 Å². The minimum Gasteiger partial charge on any atom is -0.381 e. The molecule has 2 heterocycles. The molecule has 0 aromatic carbocycles. The topological polar surface area (TPSA) is 78.9 Å². The highest BCUT2D eigenvalue weighted by atomic mass is 16.5. The van der Waals surface area contributed by atoms with E-state index in [2.05, 4.69) is 15.5 Å². The van der Waals surface area contributed by atoms with Gasteiger partial charge in [-0.15, -0.1) is 5.10 Å². The number of nitrogens with two attached hydrogens (primary N) is 1. The number of aromatic nitrogens is 4. The summed E-state index contributed by atoms with van der Waals surface area (Å²) in [5, 5.41) is 11.6. The van der Waals surface area contributed by atoms with Crippen LogP contribution in [0.2, 0.25) is 0 Å². The molecular formula is C8H15N5O. The molecule has 14 heavy (non-hydrogen) atoms. The predicted molar refractivity (Wildman–Crippen MR) is 49.7 cm³/mol. The summed E-state index contributed by atoms with van der Waals surface area (Å²) in [5.74, 6) is 1.39. The molecule has 0 aliphatic carbocycles. The summed E-state index contributed by atoms with van der Waals surface area (Å²) in [4.78, 5) is 0. The van der Waals surface area contributed by atoms with Crippen molar-refractivity contribution in [2.24, 2.45) is 5.73 Å². The number of rotatable bonds is 3. The fourth-order valence-corrected chi connectivity index (χ4v) is 1.74. The van der Waals surface area contributed by atoms with Crippen LogP contribution in [0.1, 0.15) is 24.6 Å². The third-order valence-corrected chi connectivity index (χ3v) is 2.49. The zero-order chi connectivity index (χ0) is 9.80. The van der Waals surface area contributed by atoms with Gasteiger partial charge < -0.3 is 10.5 Å². The first kappa shape index (κ1) is 9.54. The van der Waals surface area contributed by atoms with Crippen molar-refractivity contribution in [1.29, 1.82) is 0 Å². The molecule has 0 bridgehead atoms. The summed E-state index contributed by atoms with van der Waals surface area (Å²) < 4.78 is 7.10. The molecule has 78 valence electrons. The predicted octanol–water partition coefficient (Wildman–Crippen LogP) is -0.474. The van der Waals surface area contributed by atoms with Gasteiger partial charge in [-0.3, -0.25) is 0 Å². The molecule has 1 aliphatic rings.